The molecule has 0 bridgehead atoms. The summed E-state index contributed by atoms with van der Waals surface area (Å²) in [6.45, 7) is 2.77. The third-order valence-electron chi connectivity index (χ3n) is 3.02. The Labute approximate surface area is 118 Å². The molecule has 1 amide bonds. The zero-order valence-corrected chi connectivity index (χ0v) is 11.6. The summed E-state index contributed by atoms with van der Waals surface area (Å²) in [5, 5.41) is 0. The van der Waals surface area contributed by atoms with E-state index in [2.05, 4.69) is 0 Å². The van der Waals surface area contributed by atoms with E-state index in [9.17, 15) is 4.79 Å². The summed E-state index contributed by atoms with van der Waals surface area (Å²) in [5.74, 6) is 1.56. The predicted octanol–water partition coefficient (Wildman–Crippen LogP) is 2.53. The van der Waals surface area contributed by atoms with E-state index in [4.69, 9.17) is 14.6 Å². The van der Waals surface area contributed by atoms with E-state index in [1.165, 1.54) is 0 Å². The quantitative estimate of drug-likeness (QED) is 0.843. The van der Waals surface area contributed by atoms with E-state index in [-0.39, 0.29) is 11.9 Å². The molecule has 0 fully saturated rings. The smallest absolute Gasteiger partial charge is 0.223 e. The first-order chi connectivity index (χ1) is 9.65. The lowest BCUT2D eigenvalue weighted by Crippen LogP contribution is -2.31. The largest absolute Gasteiger partial charge is 0.467 e. The van der Waals surface area contributed by atoms with Gasteiger partial charge in [-0.05, 0) is 37.6 Å². The van der Waals surface area contributed by atoms with Gasteiger partial charge in [-0.25, -0.2) is 0 Å². The molecule has 5 heteroatoms. The maximum atomic E-state index is 12.3. The van der Waals surface area contributed by atoms with Gasteiger partial charge in [-0.15, -0.1) is 0 Å². The molecule has 1 atom stereocenters. The second kappa shape index (κ2) is 6.96. The molecule has 0 aromatic carbocycles. The van der Waals surface area contributed by atoms with Crippen LogP contribution in [0.5, 0.6) is 0 Å². The van der Waals surface area contributed by atoms with Crippen molar-refractivity contribution in [3.8, 4) is 0 Å². The lowest BCUT2D eigenvalue weighted by atomic mass is 10.2. The van der Waals surface area contributed by atoms with Gasteiger partial charge in [-0.2, -0.15) is 0 Å². The third-order valence-corrected chi connectivity index (χ3v) is 3.02. The van der Waals surface area contributed by atoms with Crippen LogP contribution >= 0.6 is 0 Å². The fourth-order valence-corrected chi connectivity index (χ4v) is 1.92. The van der Waals surface area contributed by atoms with E-state index in [1.54, 1.807) is 17.4 Å². The van der Waals surface area contributed by atoms with Crippen molar-refractivity contribution in [2.45, 2.75) is 38.9 Å². The average Bonchev–Trinajstić information content (AvgIpc) is 3.08. The van der Waals surface area contributed by atoms with Gasteiger partial charge in [0, 0.05) is 12.5 Å². The second-order valence-corrected chi connectivity index (χ2v) is 4.92. The van der Waals surface area contributed by atoms with Crippen LogP contribution in [0.15, 0.2) is 45.6 Å². The highest BCUT2D eigenvalue weighted by Crippen LogP contribution is 2.13. The average molecular weight is 276 g/mol. The molecule has 2 heterocycles. The molecule has 0 aliphatic rings. The van der Waals surface area contributed by atoms with Crippen LogP contribution < -0.4 is 5.73 Å². The van der Waals surface area contributed by atoms with Crippen molar-refractivity contribution in [1.29, 1.82) is 0 Å². The van der Waals surface area contributed by atoms with E-state index < -0.39 is 0 Å². The highest BCUT2D eigenvalue weighted by Gasteiger charge is 2.17. The lowest BCUT2D eigenvalue weighted by Gasteiger charge is -2.21. The van der Waals surface area contributed by atoms with Gasteiger partial charge in [0.15, 0.2) is 0 Å². The van der Waals surface area contributed by atoms with E-state index in [1.807, 2.05) is 31.2 Å². The third kappa shape index (κ3) is 4.28. The van der Waals surface area contributed by atoms with Crippen molar-refractivity contribution in [3.05, 3.63) is 48.3 Å². The number of hydrogen-bond donors (Lipinski definition) is 1. The summed E-state index contributed by atoms with van der Waals surface area (Å²) in [5.41, 5.74) is 5.71. The number of carbonyl (C=O) groups excluding carboxylic acids is 1. The Balaban J connectivity index is 2.00. The van der Waals surface area contributed by atoms with Crippen LogP contribution in [-0.2, 0) is 17.9 Å². The first kappa shape index (κ1) is 14.4. The highest BCUT2D eigenvalue weighted by molar-refractivity contribution is 5.76. The summed E-state index contributed by atoms with van der Waals surface area (Å²) in [7, 11) is 0. The van der Waals surface area contributed by atoms with Gasteiger partial charge >= 0.3 is 0 Å². The SMILES string of the molecule is CC(N)CCC(=O)N(Cc1ccco1)Cc1ccco1. The van der Waals surface area contributed by atoms with Crippen LogP contribution in [0, 0.1) is 0 Å². The summed E-state index contributed by atoms with van der Waals surface area (Å²) in [6.07, 6.45) is 4.31. The molecule has 0 radical (unpaired) electrons. The second-order valence-electron chi connectivity index (χ2n) is 4.92. The molecule has 2 rings (SSSR count). The Hall–Kier alpha value is -2.01. The molecule has 0 saturated heterocycles. The molecule has 0 spiro atoms. The van der Waals surface area contributed by atoms with Gasteiger partial charge in [0.05, 0.1) is 25.6 Å². The van der Waals surface area contributed by atoms with Crippen molar-refractivity contribution in [2.75, 3.05) is 0 Å². The molecule has 108 valence electrons. The van der Waals surface area contributed by atoms with Gasteiger partial charge < -0.3 is 19.5 Å². The number of amides is 1. The Morgan fingerprint density at radius 1 is 1.20 bits per heavy atom. The van der Waals surface area contributed by atoms with Gasteiger partial charge in [0.1, 0.15) is 11.5 Å². The molecule has 0 aliphatic heterocycles. The number of nitrogens with zero attached hydrogens (tertiary/aromatic N) is 1. The van der Waals surface area contributed by atoms with E-state index >= 15 is 0 Å². The number of furan rings is 2. The zero-order valence-electron chi connectivity index (χ0n) is 11.6. The van der Waals surface area contributed by atoms with Crippen LogP contribution in [0.1, 0.15) is 31.3 Å². The molecule has 2 aromatic rings. The van der Waals surface area contributed by atoms with Crippen LogP contribution in [-0.4, -0.2) is 16.8 Å². The molecule has 0 aliphatic carbocycles. The van der Waals surface area contributed by atoms with Crippen LogP contribution in [0.3, 0.4) is 0 Å². The lowest BCUT2D eigenvalue weighted by molar-refractivity contribution is -0.133. The predicted molar refractivity (Wildman–Crippen MR) is 74.6 cm³/mol. The normalized spacial score (nSPS) is 12.3. The van der Waals surface area contributed by atoms with Crippen molar-refractivity contribution in [2.24, 2.45) is 5.73 Å². The Morgan fingerprint density at radius 3 is 2.15 bits per heavy atom. The summed E-state index contributed by atoms with van der Waals surface area (Å²) >= 11 is 0. The highest BCUT2D eigenvalue weighted by atomic mass is 16.3. The maximum absolute atomic E-state index is 12.3. The summed E-state index contributed by atoms with van der Waals surface area (Å²) in [6, 6.07) is 7.36. The monoisotopic (exact) mass is 276 g/mol. The van der Waals surface area contributed by atoms with E-state index in [0.717, 1.165) is 11.5 Å². The van der Waals surface area contributed by atoms with Crippen LogP contribution in [0.4, 0.5) is 0 Å². The number of carbonyl (C=O) groups is 1. The maximum Gasteiger partial charge on any atom is 0.223 e. The minimum Gasteiger partial charge on any atom is -0.467 e. The number of hydrogen-bond acceptors (Lipinski definition) is 4. The minimum absolute atomic E-state index is 0.0213. The summed E-state index contributed by atoms with van der Waals surface area (Å²) in [4.78, 5) is 14.0. The summed E-state index contributed by atoms with van der Waals surface area (Å²) < 4.78 is 10.6. The van der Waals surface area contributed by atoms with Crippen molar-refractivity contribution >= 4 is 5.91 Å². The molecule has 0 saturated carbocycles. The molecule has 2 aromatic heterocycles. The van der Waals surface area contributed by atoms with E-state index in [0.29, 0.717) is 25.9 Å². The van der Waals surface area contributed by atoms with Gasteiger partial charge in [-0.1, -0.05) is 0 Å². The topological polar surface area (TPSA) is 72.6 Å². The Bertz CT molecular complexity index is 467. The van der Waals surface area contributed by atoms with Gasteiger partial charge in [0.25, 0.3) is 0 Å². The number of rotatable bonds is 7. The Morgan fingerprint density at radius 2 is 1.75 bits per heavy atom. The van der Waals surface area contributed by atoms with Gasteiger partial charge in [-0.3, -0.25) is 4.79 Å². The molecule has 2 N–H and O–H groups in total. The molecule has 1 unspecified atom stereocenters. The van der Waals surface area contributed by atoms with Crippen molar-refractivity contribution < 1.29 is 13.6 Å². The standard InChI is InChI=1S/C15H20N2O3/c1-12(16)6-7-15(18)17(10-13-4-2-8-19-13)11-14-5-3-9-20-14/h2-5,8-9,12H,6-7,10-11,16H2,1H3. The number of nitrogens with two attached hydrogens (primary N) is 1. The minimum atomic E-state index is 0.0213. The molecular weight excluding hydrogens is 256 g/mol. The first-order valence-electron chi connectivity index (χ1n) is 6.73. The van der Waals surface area contributed by atoms with Crippen LogP contribution in [0.2, 0.25) is 0 Å². The molecular formula is C15H20N2O3. The zero-order chi connectivity index (χ0) is 14.4. The van der Waals surface area contributed by atoms with Gasteiger partial charge in [0.2, 0.25) is 5.91 Å². The molecule has 20 heavy (non-hydrogen) atoms. The fourth-order valence-electron chi connectivity index (χ4n) is 1.92. The van der Waals surface area contributed by atoms with Crippen molar-refractivity contribution in [1.82, 2.24) is 4.90 Å². The fraction of sp³-hybridized carbons (Fsp3) is 0.400. The van der Waals surface area contributed by atoms with Crippen LogP contribution in [0.25, 0.3) is 0 Å². The van der Waals surface area contributed by atoms with Crippen molar-refractivity contribution in [3.63, 3.8) is 0 Å². The Kier molecular flexibility index (Phi) is 5.01. The first-order valence-corrected chi connectivity index (χ1v) is 6.73. The molecule has 5 nitrogen and oxygen atoms in total.